The van der Waals surface area contributed by atoms with Gasteiger partial charge in [0.2, 0.25) is 5.91 Å². The van der Waals surface area contributed by atoms with Crippen molar-refractivity contribution in [3.63, 3.8) is 0 Å². The number of hydrogen-bond donors (Lipinski definition) is 1. The number of rotatable bonds is 20. The van der Waals surface area contributed by atoms with Gasteiger partial charge in [0.05, 0.1) is 0 Å². The predicted molar refractivity (Wildman–Crippen MR) is 171 cm³/mol. The molecular weight excluding hydrogens is 492 g/mol. The van der Waals surface area contributed by atoms with Crippen LogP contribution in [0.3, 0.4) is 0 Å². The van der Waals surface area contributed by atoms with Crippen molar-refractivity contribution in [3.8, 4) is 0 Å². The molecule has 1 saturated heterocycles. The molecule has 0 bridgehead atoms. The summed E-state index contributed by atoms with van der Waals surface area (Å²) in [5.74, 6) is 0.513. The fourth-order valence-electron chi connectivity index (χ4n) is 6.67. The van der Waals surface area contributed by atoms with E-state index in [4.69, 9.17) is 4.84 Å². The van der Waals surface area contributed by atoms with Crippen LogP contribution in [0.5, 0.6) is 0 Å². The largest absolute Gasteiger partial charge is 0.353 e. The third kappa shape index (κ3) is 10.5. The summed E-state index contributed by atoms with van der Waals surface area (Å²) in [6.07, 6.45) is 20.8. The topological polar surface area (TPSA) is 41.6 Å². The quantitative estimate of drug-likeness (QED) is 0.162. The molecule has 1 aliphatic heterocycles. The number of benzene rings is 1. The second kappa shape index (κ2) is 18.2. The molecule has 5 atom stereocenters. The van der Waals surface area contributed by atoms with Crippen molar-refractivity contribution >= 4 is 5.91 Å². The normalized spacial score (nSPS) is 26.1. The molecule has 40 heavy (non-hydrogen) atoms. The van der Waals surface area contributed by atoms with E-state index in [2.05, 4.69) is 89.2 Å². The van der Waals surface area contributed by atoms with Gasteiger partial charge in [-0.2, -0.15) is 5.06 Å². The lowest BCUT2D eigenvalue weighted by Crippen LogP contribution is -2.70. The number of hydrogen-bond acceptors (Lipinski definition) is 3. The maximum absolute atomic E-state index is 13.0. The number of piperidine rings is 1. The molecule has 1 aliphatic rings. The van der Waals surface area contributed by atoms with E-state index in [1.54, 1.807) is 0 Å². The highest BCUT2D eigenvalue weighted by molar-refractivity contribution is 5.76. The summed E-state index contributed by atoms with van der Waals surface area (Å²) >= 11 is 0. The van der Waals surface area contributed by atoms with E-state index in [-0.39, 0.29) is 35.0 Å². The fraction of sp³-hybridized carbons (Fsp3) is 0.806. The first-order chi connectivity index (χ1) is 19.2. The highest BCUT2D eigenvalue weighted by Crippen LogP contribution is 2.47. The number of nitrogens with one attached hydrogen (secondary N) is 1. The predicted octanol–water partition coefficient (Wildman–Crippen LogP) is 10.3. The van der Waals surface area contributed by atoms with Gasteiger partial charge in [0.25, 0.3) is 0 Å². The van der Waals surface area contributed by atoms with E-state index in [1.165, 1.54) is 82.6 Å². The number of amides is 1. The molecule has 0 aliphatic carbocycles. The molecule has 2 rings (SSSR count). The third-order valence-electron chi connectivity index (χ3n) is 10.1. The van der Waals surface area contributed by atoms with Gasteiger partial charge in [-0.05, 0) is 57.9 Å². The zero-order valence-electron chi connectivity index (χ0n) is 27.4. The zero-order valence-corrected chi connectivity index (χ0v) is 27.4. The van der Waals surface area contributed by atoms with Crippen molar-refractivity contribution in [2.75, 3.05) is 0 Å². The van der Waals surface area contributed by atoms with Crippen molar-refractivity contribution in [2.24, 2.45) is 5.92 Å². The van der Waals surface area contributed by atoms with E-state index in [0.717, 1.165) is 25.7 Å². The molecule has 5 unspecified atom stereocenters. The van der Waals surface area contributed by atoms with Gasteiger partial charge in [0, 0.05) is 23.5 Å². The highest BCUT2D eigenvalue weighted by atomic mass is 16.7. The van der Waals surface area contributed by atoms with E-state index >= 15 is 0 Å². The van der Waals surface area contributed by atoms with Gasteiger partial charge in [-0.3, -0.25) is 9.63 Å². The zero-order chi connectivity index (χ0) is 29.4. The van der Waals surface area contributed by atoms with Crippen molar-refractivity contribution in [1.29, 1.82) is 0 Å². The van der Waals surface area contributed by atoms with E-state index in [9.17, 15) is 4.79 Å². The second-order valence-corrected chi connectivity index (χ2v) is 13.2. The SMILES string of the molecule is CCCCCCCCCCCCCCCC(=O)NC1CC(C)(CC)N(OC(C)c2ccccc2)C(C)(CC)C1C. The van der Waals surface area contributed by atoms with Gasteiger partial charge < -0.3 is 5.32 Å². The maximum atomic E-state index is 13.0. The van der Waals surface area contributed by atoms with E-state index < -0.39 is 0 Å². The molecule has 1 heterocycles. The molecule has 1 N–H and O–H groups in total. The Kier molecular flexibility index (Phi) is 15.8. The standard InChI is InChI=1S/C36H64N2O2/c1-8-11-12-13-14-15-16-17-18-19-20-21-25-28-34(39)37-33-29-35(6,9-2)38(36(7,10-3)30(33)4)40-31(5)32-26-23-22-24-27-32/h22-24,26-27,30-31,33H,8-21,25,28-29H2,1-7H3,(H,37,39). The van der Waals surface area contributed by atoms with Crippen molar-refractivity contribution < 1.29 is 9.63 Å². The van der Waals surface area contributed by atoms with E-state index in [1.807, 2.05) is 0 Å². The van der Waals surface area contributed by atoms with Gasteiger partial charge >= 0.3 is 0 Å². The molecular formula is C36H64N2O2. The number of nitrogens with zero attached hydrogens (tertiary/aromatic N) is 1. The van der Waals surface area contributed by atoms with Crippen molar-refractivity contribution in [3.05, 3.63) is 35.9 Å². The Morgan fingerprint density at radius 1 is 0.875 bits per heavy atom. The molecule has 4 heteroatoms. The molecule has 4 nitrogen and oxygen atoms in total. The highest BCUT2D eigenvalue weighted by Gasteiger charge is 2.54. The minimum absolute atomic E-state index is 0.0214. The Balaban J connectivity index is 1.78. The summed E-state index contributed by atoms with van der Waals surface area (Å²) < 4.78 is 0. The molecule has 0 saturated carbocycles. The average Bonchev–Trinajstić information content (AvgIpc) is 2.96. The first-order valence-electron chi connectivity index (χ1n) is 17.0. The minimum atomic E-state index is -0.167. The summed E-state index contributed by atoms with van der Waals surface area (Å²) in [4.78, 5) is 19.8. The van der Waals surface area contributed by atoms with Crippen LogP contribution in [0.1, 0.15) is 169 Å². The van der Waals surface area contributed by atoms with Crippen molar-refractivity contribution in [2.45, 2.75) is 181 Å². The van der Waals surface area contributed by atoms with Gasteiger partial charge in [-0.15, -0.1) is 0 Å². The number of hydroxylamine groups is 2. The number of unbranched alkanes of at least 4 members (excludes halogenated alkanes) is 12. The van der Waals surface area contributed by atoms with Crippen LogP contribution in [0.4, 0.5) is 0 Å². The summed E-state index contributed by atoms with van der Waals surface area (Å²) in [6, 6.07) is 10.7. The lowest BCUT2D eigenvalue weighted by molar-refractivity contribution is -0.327. The summed E-state index contributed by atoms with van der Waals surface area (Å²) in [6.45, 7) is 15.9. The summed E-state index contributed by atoms with van der Waals surface area (Å²) in [5, 5.41) is 5.79. The smallest absolute Gasteiger partial charge is 0.220 e. The van der Waals surface area contributed by atoms with Crippen LogP contribution >= 0.6 is 0 Å². The first-order valence-corrected chi connectivity index (χ1v) is 17.0. The minimum Gasteiger partial charge on any atom is -0.353 e. The maximum Gasteiger partial charge on any atom is 0.220 e. The Labute approximate surface area is 248 Å². The Hall–Kier alpha value is -1.39. The molecule has 0 radical (unpaired) electrons. The average molecular weight is 557 g/mol. The third-order valence-corrected chi connectivity index (χ3v) is 10.1. The molecule has 1 fully saturated rings. The lowest BCUT2D eigenvalue weighted by atomic mass is 9.68. The number of carbonyl (C=O) groups excluding carboxylic acids is 1. The monoisotopic (exact) mass is 556 g/mol. The Bertz CT molecular complexity index is 814. The Morgan fingerprint density at radius 2 is 1.40 bits per heavy atom. The van der Waals surface area contributed by atoms with Crippen LogP contribution in [0.25, 0.3) is 0 Å². The van der Waals surface area contributed by atoms with Crippen LogP contribution in [0.15, 0.2) is 30.3 Å². The fourth-order valence-corrected chi connectivity index (χ4v) is 6.67. The molecule has 0 spiro atoms. The van der Waals surface area contributed by atoms with E-state index in [0.29, 0.717) is 6.42 Å². The van der Waals surface area contributed by atoms with Gasteiger partial charge in [-0.1, -0.05) is 135 Å². The van der Waals surface area contributed by atoms with Crippen LogP contribution in [-0.4, -0.2) is 28.1 Å². The second-order valence-electron chi connectivity index (χ2n) is 13.2. The van der Waals surface area contributed by atoms with Crippen LogP contribution < -0.4 is 5.32 Å². The number of carbonyl (C=O) groups is 1. The Morgan fingerprint density at radius 3 is 1.90 bits per heavy atom. The van der Waals surface area contributed by atoms with Crippen molar-refractivity contribution in [1.82, 2.24) is 10.4 Å². The lowest BCUT2D eigenvalue weighted by Gasteiger charge is -2.60. The first kappa shape index (κ1) is 34.8. The van der Waals surface area contributed by atoms with Crippen LogP contribution in [0, 0.1) is 5.92 Å². The molecule has 1 aromatic rings. The van der Waals surface area contributed by atoms with Gasteiger partial charge in [0.1, 0.15) is 6.10 Å². The van der Waals surface area contributed by atoms with Gasteiger partial charge in [-0.25, -0.2) is 0 Å². The summed E-state index contributed by atoms with van der Waals surface area (Å²) in [7, 11) is 0. The van der Waals surface area contributed by atoms with Crippen LogP contribution in [0.2, 0.25) is 0 Å². The van der Waals surface area contributed by atoms with Crippen LogP contribution in [-0.2, 0) is 9.63 Å². The molecule has 230 valence electrons. The van der Waals surface area contributed by atoms with Gasteiger partial charge in [0.15, 0.2) is 0 Å². The molecule has 1 amide bonds. The molecule has 1 aromatic carbocycles. The molecule has 0 aromatic heterocycles. The summed E-state index contributed by atoms with van der Waals surface area (Å²) in [5.41, 5.74) is 0.882.